The topological polar surface area (TPSA) is 92.7 Å². The lowest BCUT2D eigenvalue weighted by Gasteiger charge is -2.28. The van der Waals surface area contributed by atoms with Gasteiger partial charge >= 0.3 is 5.97 Å². The smallest absolute Gasteiger partial charge is 0.329 e. The minimum absolute atomic E-state index is 0.341. The molecule has 126 valence electrons. The Hall–Kier alpha value is -0.770. The van der Waals surface area contributed by atoms with E-state index in [4.69, 9.17) is 33.5 Å². The van der Waals surface area contributed by atoms with Gasteiger partial charge in [-0.25, -0.2) is 4.79 Å². The fourth-order valence-electron chi connectivity index (χ4n) is 3.04. The van der Waals surface area contributed by atoms with Crippen molar-refractivity contribution in [2.24, 2.45) is 0 Å². The van der Waals surface area contributed by atoms with Gasteiger partial charge in [0.2, 0.25) is 0 Å². The summed E-state index contributed by atoms with van der Waals surface area (Å²) in [4.78, 5) is 10.8. The Morgan fingerprint density at radius 1 is 1.14 bits per heavy atom. The summed E-state index contributed by atoms with van der Waals surface area (Å²) >= 11 is 0. The molecule has 8 heteroatoms. The van der Waals surface area contributed by atoms with E-state index in [9.17, 15) is 4.79 Å². The van der Waals surface area contributed by atoms with Crippen LogP contribution in [-0.4, -0.2) is 66.6 Å². The number of rotatable bonds is 4. The fraction of sp³-hybridized carbons (Fsp3) is 0.929. The average Bonchev–Trinajstić information content (AvgIpc) is 2.96. The number of fused-ring (bicyclic) bond motifs is 1. The van der Waals surface area contributed by atoms with Gasteiger partial charge < -0.3 is 33.5 Å². The van der Waals surface area contributed by atoms with Crippen LogP contribution in [0, 0.1) is 0 Å². The van der Waals surface area contributed by atoms with E-state index in [1.165, 1.54) is 0 Å². The Kier molecular flexibility index (Phi) is 3.95. The number of aliphatic carboxylic acids is 1. The fourth-order valence-corrected chi connectivity index (χ4v) is 3.04. The highest BCUT2D eigenvalue weighted by molar-refractivity contribution is 5.68. The molecule has 0 radical (unpaired) electrons. The Morgan fingerprint density at radius 2 is 1.86 bits per heavy atom. The molecule has 3 fully saturated rings. The van der Waals surface area contributed by atoms with Crippen LogP contribution in [0.2, 0.25) is 0 Å². The van der Waals surface area contributed by atoms with E-state index in [2.05, 4.69) is 0 Å². The van der Waals surface area contributed by atoms with Crippen LogP contribution in [0.3, 0.4) is 0 Å². The SMILES string of the molecule is CC1(C)O[C@H]2O[C@H]([C@H]3COC(C)(C)O3)[C@H](OCC(=O)O)[C@H]2O1. The second kappa shape index (κ2) is 5.40. The summed E-state index contributed by atoms with van der Waals surface area (Å²) in [5, 5.41) is 8.86. The van der Waals surface area contributed by atoms with Crippen molar-refractivity contribution in [3.05, 3.63) is 0 Å². The summed E-state index contributed by atoms with van der Waals surface area (Å²) < 4.78 is 34.2. The molecular weight excluding hydrogens is 296 g/mol. The van der Waals surface area contributed by atoms with Gasteiger partial charge in [-0.1, -0.05) is 0 Å². The van der Waals surface area contributed by atoms with Crippen molar-refractivity contribution in [1.82, 2.24) is 0 Å². The van der Waals surface area contributed by atoms with Crippen LogP contribution in [0.4, 0.5) is 0 Å². The number of carbonyl (C=O) groups is 1. The summed E-state index contributed by atoms with van der Waals surface area (Å²) in [7, 11) is 0. The minimum atomic E-state index is -1.05. The van der Waals surface area contributed by atoms with Gasteiger partial charge in [-0.05, 0) is 27.7 Å². The quantitative estimate of drug-likeness (QED) is 0.800. The van der Waals surface area contributed by atoms with Crippen LogP contribution in [0.25, 0.3) is 0 Å². The predicted octanol–water partition coefficient (Wildman–Crippen LogP) is 0.484. The molecule has 1 N–H and O–H groups in total. The van der Waals surface area contributed by atoms with Gasteiger partial charge in [0.1, 0.15) is 31.0 Å². The molecule has 3 saturated heterocycles. The Balaban J connectivity index is 1.73. The van der Waals surface area contributed by atoms with Gasteiger partial charge in [0.25, 0.3) is 0 Å². The average molecular weight is 318 g/mol. The molecule has 3 rings (SSSR count). The molecule has 0 spiro atoms. The number of carboxylic acids is 1. The van der Waals surface area contributed by atoms with Crippen molar-refractivity contribution >= 4 is 5.97 Å². The first-order valence-electron chi connectivity index (χ1n) is 7.33. The molecule has 5 atom stereocenters. The molecule has 22 heavy (non-hydrogen) atoms. The molecule has 0 saturated carbocycles. The molecule has 0 aromatic carbocycles. The van der Waals surface area contributed by atoms with Crippen molar-refractivity contribution in [2.45, 2.75) is 70.0 Å². The zero-order chi connectivity index (χ0) is 16.1. The van der Waals surface area contributed by atoms with Crippen molar-refractivity contribution in [2.75, 3.05) is 13.2 Å². The lowest BCUT2D eigenvalue weighted by atomic mass is 10.1. The minimum Gasteiger partial charge on any atom is -0.480 e. The third-order valence-corrected chi connectivity index (χ3v) is 3.82. The number of hydrogen-bond acceptors (Lipinski definition) is 7. The summed E-state index contributed by atoms with van der Waals surface area (Å²) in [6.07, 6.45) is -2.56. The largest absolute Gasteiger partial charge is 0.480 e. The molecule has 0 aliphatic carbocycles. The Labute approximate surface area is 128 Å². The molecule has 0 bridgehead atoms. The molecule has 0 aromatic rings. The first-order chi connectivity index (χ1) is 10.2. The lowest BCUT2D eigenvalue weighted by molar-refractivity contribution is -0.236. The maximum atomic E-state index is 10.8. The molecule has 0 amide bonds. The van der Waals surface area contributed by atoms with Gasteiger partial charge in [0, 0.05) is 0 Å². The molecule has 0 unspecified atom stereocenters. The van der Waals surface area contributed by atoms with Crippen molar-refractivity contribution in [3.63, 3.8) is 0 Å². The zero-order valence-corrected chi connectivity index (χ0v) is 13.1. The van der Waals surface area contributed by atoms with Crippen LogP contribution in [0.1, 0.15) is 27.7 Å². The molecule has 8 nitrogen and oxygen atoms in total. The zero-order valence-electron chi connectivity index (χ0n) is 13.1. The summed E-state index contributed by atoms with van der Waals surface area (Å²) in [5.74, 6) is -2.55. The van der Waals surface area contributed by atoms with Gasteiger partial charge in [-0.3, -0.25) is 0 Å². The van der Waals surface area contributed by atoms with E-state index in [1.54, 1.807) is 13.8 Å². The summed E-state index contributed by atoms with van der Waals surface area (Å²) in [6, 6.07) is 0. The lowest BCUT2D eigenvalue weighted by Crippen LogP contribution is -2.44. The third-order valence-electron chi connectivity index (χ3n) is 3.82. The monoisotopic (exact) mass is 318 g/mol. The molecule has 0 aromatic heterocycles. The first-order valence-corrected chi connectivity index (χ1v) is 7.33. The number of hydrogen-bond donors (Lipinski definition) is 1. The highest BCUT2D eigenvalue weighted by Gasteiger charge is 2.59. The molecule has 3 aliphatic rings. The van der Waals surface area contributed by atoms with Gasteiger partial charge in [0.05, 0.1) is 6.61 Å². The Bertz CT molecular complexity index is 448. The van der Waals surface area contributed by atoms with Crippen LogP contribution >= 0.6 is 0 Å². The number of ether oxygens (including phenoxy) is 6. The normalized spacial score (nSPS) is 42.5. The number of carboxylic acid groups (broad SMARTS) is 1. The van der Waals surface area contributed by atoms with Crippen LogP contribution in [0.15, 0.2) is 0 Å². The van der Waals surface area contributed by atoms with E-state index in [0.717, 1.165) is 0 Å². The third kappa shape index (κ3) is 3.12. The van der Waals surface area contributed by atoms with E-state index in [-0.39, 0.29) is 6.10 Å². The van der Waals surface area contributed by atoms with Crippen molar-refractivity contribution < 1.29 is 38.3 Å². The van der Waals surface area contributed by atoms with Crippen molar-refractivity contribution in [3.8, 4) is 0 Å². The van der Waals surface area contributed by atoms with Crippen LogP contribution in [0.5, 0.6) is 0 Å². The molecular formula is C14H22O8. The maximum absolute atomic E-state index is 10.8. The molecule has 3 heterocycles. The van der Waals surface area contributed by atoms with Gasteiger partial charge in [-0.2, -0.15) is 0 Å². The Morgan fingerprint density at radius 3 is 2.45 bits per heavy atom. The predicted molar refractivity (Wildman–Crippen MR) is 71.0 cm³/mol. The van der Waals surface area contributed by atoms with E-state index < -0.39 is 48.8 Å². The van der Waals surface area contributed by atoms with Gasteiger partial charge in [0.15, 0.2) is 17.9 Å². The highest BCUT2D eigenvalue weighted by atomic mass is 16.8. The van der Waals surface area contributed by atoms with E-state index in [0.29, 0.717) is 6.61 Å². The molecule has 3 aliphatic heterocycles. The first kappa shape index (κ1) is 16.1. The van der Waals surface area contributed by atoms with E-state index in [1.807, 2.05) is 13.8 Å². The van der Waals surface area contributed by atoms with Crippen LogP contribution < -0.4 is 0 Å². The maximum Gasteiger partial charge on any atom is 0.329 e. The van der Waals surface area contributed by atoms with E-state index >= 15 is 0 Å². The van der Waals surface area contributed by atoms with Crippen LogP contribution in [-0.2, 0) is 33.2 Å². The summed E-state index contributed by atoms with van der Waals surface area (Å²) in [5.41, 5.74) is 0. The second-order valence-corrected chi connectivity index (χ2v) is 6.61. The standard InChI is InChI=1S/C14H22O8/c1-13(2)18-5-7(20-13)9-10(17-6-8(15)16)11-12(19-9)22-14(3,4)21-11/h7,9-12H,5-6H2,1-4H3,(H,15,16)/t7-,9-,10+,11-,12-/m1/s1. The van der Waals surface area contributed by atoms with Gasteiger partial charge in [-0.15, -0.1) is 0 Å². The summed E-state index contributed by atoms with van der Waals surface area (Å²) in [6.45, 7) is 7.08. The second-order valence-electron chi connectivity index (χ2n) is 6.61. The van der Waals surface area contributed by atoms with Crippen molar-refractivity contribution in [1.29, 1.82) is 0 Å². The highest BCUT2D eigenvalue weighted by Crippen LogP contribution is 2.41.